The normalized spacial score (nSPS) is 11.9. The van der Waals surface area contributed by atoms with E-state index in [0.717, 1.165) is 15.9 Å². The standard InChI is InChI=1S/C36H37Cl3N4O7S/c1-23(2)20-40-36(45)33(16-25-8-6-5-7-9-25)41(21-26-11-12-27(37)17-30(26)39)35(44)22-42(32-18-28(38)13-15-34(32)50-4)51(48,49)29-14-10-24(3)31(19-29)43(46)47/h5-15,17-19,23,33H,16,20-22H2,1-4H3,(H,40,45). The number of rotatable bonds is 15. The fourth-order valence-corrected chi connectivity index (χ4v) is 7.33. The highest BCUT2D eigenvalue weighted by Gasteiger charge is 2.36. The molecule has 0 saturated heterocycles. The highest BCUT2D eigenvalue weighted by Crippen LogP contribution is 2.36. The van der Waals surface area contributed by atoms with Crippen LogP contribution in [-0.4, -0.2) is 56.3 Å². The van der Waals surface area contributed by atoms with E-state index in [1.807, 2.05) is 32.0 Å². The van der Waals surface area contributed by atoms with Crippen LogP contribution in [0, 0.1) is 23.0 Å². The van der Waals surface area contributed by atoms with Crippen LogP contribution < -0.4 is 14.4 Å². The first-order chi connectivity index (χ1) is 24.1. The monoisotopic (exact) mass is 774 g/mol. The van der Waals surface area contributed by atoms with Crippen LogP contribution in [0.25, 0.3) is 0 Å². The van der Waals surface area contributed by atoms with Gasteiger partial charge in [-0.2, -0.15) is 0 Å². The summed E-state index contributed by atoms with van der Waals surface area (Å²) in [5.74, 6) is -1.10. The summed E-state index contributed by atoms with van der Waals surface area (Å²) in [5.41, 5.74) is 0.909. The van der Waals surface area contributed by atoms with E-state index in [1.165, 1.54) is 55.3 Å². The Balaban J connectivity index is 1.91. The van der Waals surface area contributed by atoms with Gasteiger partial charge in [-0.1, -0.05) is 91.1 Å². The summed E-state index contributed by atoms with van der Waals surface area (Å²) in [6.07, 6.45) is 0.0825. The molecular weight excluding hydrogens is 739 g/mol. The number of aryl methyl sites for hydroxylation is 1. The zero-order valence-corrected chi connectivity index (χ0v) is 31.4. The van der Waals surface area contributed by atoms with E-state index >= 15 is 0 Å². The molecule has 4 rings (SSSR count). The van der Waals surface area contributed by atoms with Crippen LogP contribution >= 0.6 is 34.8 Å². The maximum Gasteiger partial charge on any atom is 0.273 e. The van der Waals surface area contributed by atoms with Gasteiger partial charge in [-0.3, -0.25) is 24.0 Å². The number of halogens is 3. The van der Waals surface area contributed by atoms with E-state index in [0.29, 0.717) is 17.1 Å². The number of amides is 2. The molecule has 15 heteroatoms. The molecule has 4 aromatic carbocycles. The topological polar surface area (TPSA) is 139 Å². The number of sulfonamides is 1. The Morgan fingerprint density at radius 3 is 2.24 bits per heavy atom. The molecule has 2 amide bonds. The number of nitrogens with zero attached hydrogens (tertiary/aromatic N) is 3. The van der Waals surface area contributed by atoms with E-state index in [2.05, 4.69) is 5.32 Å². The summed E-state index contributed by atoms with van der Waals surface area (Å²) in [6.45, 7) is 4.61. The summed E-state index contributed by atoms with van der Waals surface area (Å²) in [6, 6.07) is 20.4. The molecule has 0 heterocycles. The zero-order chi connectivity index (χ0) is 37.5. The van der Waals surface area contributed by atoms with Gasteiger partial charge in [0.05, 0.1) is 22.6 Å². The lowest BCUT2D eigenvalue weighted by molar-refractivity contribution is -0.385. The number of hydrogen-bond acceptors (Lipinski definition) is 7. The molecule has 0 fully saturated rings. The maximum absolute atomic E-state index is 14.8. The SMILES string of the molecule is COc1ccc(Cl)cc1N(CC(=O)N(Cc1ccc(Cl)cc1Cl)C(Cc1ccccc1)C(=O)NCC(C)C)S(=O)(=O)c1ccc(C)c([N+](=O)[O-])c1. The Labute approximate surface area is 312 Å². The molecule has 1 atom stereocenters. The first kappa shape index (κ1) is 39.4. The van der Waals surface area contributed by atoms with Crippen molar-refractivity contribution in [1.29, 1.82) is 0 Å². The fraction of sp³-hybridized carbons (Fsp3) is 0.278. The number of hydrogen-bond donors (Lipinski definition) is 1. The van der Waals surface area contributed by atoms with Gasteiger partial charge in [0.25, 0.3) is 15.7 Å². The van der Waals surface area contributed by atoms with Crippen molar-refractivity contribution in [2.45, 2.75) is 44.7 Å². The smallest absolute Gasteiger partial charge is 0.273 e. The Bertz CT molecular complexity index is 2010. The molecule has 1 N–H and O–H groups in total. The van der Waals surface area contributed by atoms with Gasteiger partial charge in [-0.25, -0.2) is 8.42 Å². The van der Waals surface area contributed by atoms with E-state index in [-0.39, 0.29) is 45.9 Å². The molecule has 51 heavy (non-hydrogen) atoms. The highest BCUT2D eigenvalue weighted by atomic mass is 35.5. The Hall–Kier alpha value is -4.36. The van der Waals surface area contributed by atoms with E-state index in [4.69, 9.17) is 39.5 Å². The van der Waals surface area contributed by atoms with Gasteiger partial charge in [0, 0.05) is 46.2 Å². The number of carbonyl (C=O) groups excluding carboxylic acids is 2. The van der Waals surface area contributed by atoms with Crippen molar-refractivity contribution in [2.75, 3.05) is 24.5 Å². The Kier molecular flexibility index (Phi) is 13.3. The summed E-state index contributed by atoms with van der Waals surface area (Å²) in [4.78, 5) is 40.7. The van der Waals surface area contributed by atoms with Crippen LogP contribution in [0.1, 0.15) is 30.5 Å². The van der Waals surface area contributed by atoms with Crippen molar-refractivity contribution in [1.82, 2.24) is 10.2 Å². The number of nitro benzene ring substituents is 1. The largest absolute Gasteiger partial charge is 0.495 e. The minimum Gasteiger partial charge on any atom is -0.495 e. The van der Waals surface area contributed by atoms with E-state index in [1.54, 1.807) is 24.3 Å². The van der Waals surface area contributed by atoms with Gasteiger partial charge < -0.3 is 15.0 Å². The number of benzene rings is 4. The maximum atomic E-state index is 14.8. The second-order valence-electron chi connectivity index (χ2n) is 12.1. The van der Waals surface area contributed by atoms with Crippen molar-refractivity contribution >= 4 is 68.0 Å². The first-order valence-electron chi connectivity index (χ1n) is 15.8. The average Bonchev–Trinajstić information content (AvgIpc) is 3.08. The summed E-state index contributed by atoms with van der Waals surface area (Å²) in [7, 11) is -3.40. The predicted octanol–water partition coefficient (Wildman–Crippen LogP) is 7.48. The van der Waals surface area contributed by atoms with Crippen LogP contribution in [0.4, 0.5) is 11.4 Å². The number of anilines is 1. The van der Waals surface area contributed by atoms with Crippen molar-refractivity contribution < 1.29 is 27.7 Å². The molecule has 0 bridgehead atoms. The van der Waals surface area contributed by atoms with Crippen molar-refractivity contribution in [3.05, 3.63) is 127 Å². The number of methoxy groups -OCH3 is 1. The molecule has 0 radical (unpaired) electrons. The molecule has 0 aliphatic rings. The van der Waals surface area contributed by atoms with Gasteiger partial charge in [0.15, 0.2) is 0 Å². The van der Waals surface area contributed by atoms with Crippen molar-refractivity contribution in [2.24, 2.45) is 5.92 Å². The quantitative estimate of drug-likeness (QED) is 0.0976. The number of nitro groups is 1. The van der Waals surface area contributed by atoms with Gasteiger partial charge in [-0.05, 0) is 60.4 Å². The van der Waals surface area contributed by atoms with Crippen molar-refractivity contribution in [3.8, 4) is 5.75 Å². The molecule has 4 aromatic rings. The molecular formula is C36H37Cl3N4O7S. The number of carbonyl (C=O) groups is 2. The lowest BCUT2D eigenvalue weighted by Crippen LogP contribution is -2.53. The highest BCUT2D eigenvalue weighted by molar-refractivity contribution is 7.92. The first-order valence-corrected chi connectivity index (χ1v) is 18.4. The van der Waals surface area contributed by atoms with Crippen LogP contribution in [0.2, 0.25) is 15.1 Å². The second kappa shape index (κ2) is 17.2. The zero-order valence-electron chi connectivity index (χ0n) is 28.3. The fourth-order valence-electron chi connectivity index (χ4n) is 5.25. The second-order valence-corrected chi connectivity index (χ2v) is 15.3. The van der Waals surface area contributed by atoms with E-state index in [9.17, 15) is 28.1 Å². The minimum absolute atomic E-state index is 0.0557. The third kappa shape index (κ3) is 9.91. The van der Waals surface area contributed by atoms with Crippen LogP contribution in [0.3, 0.4) is 0 Å². The van der Waals surface area contributed by atoms with Gasteiger partial charge in [0.1, 0.15) is 18.3 Å². The molecule has 0 aliphatic heterocycles. The van der Waals surface area contributed by atoms with Gasteiger partial charge in [-0.15, -0.1) is 0 Å². The number of nitrogens with one attached hydrogen (secondary N) is 1. The van der Waals surface area contributed by atoms with Crippen LogP contribution in [0.5, 0.6) is 5.75 Å². The molecule has 1 unspecified atom stereocenters. The lowest BCUT2D eigenvalue weighted by atomic mass is 10.0. The summed E-state index contributed by atoms with van der Waals surface area (Å²) < 4.78 is 35.3. The molecule has 0 spiro atoms. The van der Waals surface area contributed by atoms with Gasteiger partial charge in [0.2, 0.25) is 11.8 Å². The molecule has 0 aliphatic carbocycles. The number of ether oxygens (including phenoxy) is 1. The minimum atomic E-state index is -4.72. The molecule has 11 nitrogen and oxygen atoms in total. The molecule has 0 saturated carbocycles. The van der Waals surface area contributed by atoms with E-state index < -0.39 is 49.9 Å². The average molecular weight is 776 g/mol. The van der Waals surface area contributed by atoms with Crippen molar-refractivity contribution in [3.63, 3.8) is 0 Å². The van der Waals surface area contributed by atoms with Crippen LogP contribution in [0.15, 0.2) is 89.8 Å². The Morgan fingerprint density at radius 2 is 1.61 bits per heavy atom. The third-order valence-electron chi connectivity index (χ3n) is 7.97. The Morgan fingerprint density at radius 1 is 0.941 bits per heavy atom. The van der Waals surface area contributed by atoms with Crippen LogP contribution in [-0.2, 0) is 32.6 Å². The summed E-state index contributed by atoms with van der Waals surface area (Å²) >= 11 is 19.1. The molecule has 270 valence electrons. The lowest BCUT2D eigenvalue weighted by Gasteiger charge is -2.34. The summed E-state index contributed by atoms with van der Waals surface area (Å²) in [5, 5.41) is 15.4. The predicted molar refractivity (Wildman–Crippen MR) is 199 cm³/mol. The third-order valence-corrected chi connectivity index (χ3v) is 10.5. The molecule has 0 aromatic heterocycles. The van der Waals surface area contributed by atoms with Gasteiger partial charge >= 0.3 is 0 Å².